The van der Waals surface area contributed by atoms with Crippen molar-refractivity contribution in [1.29, 1.82) is 0 Å². The molecule has 1 aliphatic rings. The number of nitrogens with one attached hydrogen (secondary N) is 2. The normalized spacial score (nSPS) is 13.7. The molecule has 29 heavy (non-hydrogen) atoms. The Hall–Kier alpha value is -2.88. The zero-order chi connectivity index (χ0) is 21.4. The van der Waals surface area contributed by atoms with Crippen LogP contribution in [-0.4, -0.2) is 65.8 Å². The molecule has 0 bridgehead atoms. The highest BCUT2D eigenvalue weighted by molar-refractivity contribution is 7.98. The first-order chi connectivity index (χ1) is 13.9. The molecule has 156 valence electrons. The van der Waals surface area contributed by atoms with Crippen molar-refractivity contribution in [1.82, 2.24) is 15.5 Å². The number of thioether (sulfide) groups is 1. The molecule has 9 nitrogen and oxygen atoms in total. The van der Waals surface area contributed by atoms with Gasteiger partial charge in [-0.1, -0.05) is 25.5 Å². The molecule has 0 aliphatic carbocycles. The number of hydrogen-bond acceptors (Lipinski definition) is 7. The lowest BCUT2D eigenvalue weighted by Gasteiger charge is -2.23. The Morgan fingerprint density at radius 1 is 1.14 bits per heavy atom. The van der Waals surface area contributed by atoms with Crippen LogP contribution in [0.2, 0.25) is 0 Å². The number of nitrogens with zero attached hydrogens (tertiary/aromatic N) is 1. The predicted molar refractivity (Wildman–Crippen MR) is 107 cm³/mol. The van der Waals surface area contributed by atoms with Gasteiger partial charge in [0.05, 0.1) is 11.1 Å². The maximum absolute atomic E-state index is 12.6. The quantitative estimate of drug-likeness (QED) is 0.349. The van der Waals surface area contributed by atoms with Crippen molar-refractivity contribution in [3.63, 3.8) is 0 Å². The number of benzene rings is 1. The summed E-state index contributed by atoms with van der Waals surface area (Å²) >= 11 is 1.25. The van der Waals surface area contributed by atoms with E-state index in [4.69, 9.17) is 4.74 Å². The topological polar surface area (TPSA) is 122 Å². The largest absolute Gasteiger partial charge is 0.454 e. The molecule has 1 aromatic carbocycles. The third kappa shape index (κ3) is 5.57. The average Bonchev–Trinajstić information content (AvgIpc) is 2.95. The summed E-state index contributed by atoms with van der Waals surface area (Å²) in [5, 5.41) is 4.55. The first kappa shape index (κ1) is 22.4. The van der Waals surface area contributed by atoms with E-state index in [1.807, 2.05) is 12.2 Å². The standard InChI is InChI=1S/C19H23N3O6S/c1-3-4-9-20-19(27)21-15(23)10-28-18(26)14(11-29-2)22-16(24)12-7-5-6-8-13(12)17(22)25/h5-8,14H,3-4,9-11H2,1-2H3,(H2,20,21,23,27)/t14-/m1/s1. The second-order valence-electron chi connectivity index (χ2n) is 6.26. The summed E-state index contributed by atoms with van der Waals surface area (Å²) in [7, 11) is 0. The predicted octanol–water partition coefficient (Wildman–Crippen LogP) is 1.18. The molecule has 1 atom stereocenters. The first-order valence-corrected chi connectivity index (χ1v) is 10.5. The van der Waals surface area contributed by atoms with E-state index in [2.05, 4.69) is 5.32 Å². The molecule has 1 aromatic rings. The van der Waals surface area contributed by atoms with Gasteiger partial charge in [0.2, 0.25) is 0 Å². The molecule has 0 radical (unpaired) electrons. The molecule has 5 amide bonds. The Morgan fingerprint density at radius 2 is 1.76 bits per heavy atom. The number of carbonyl (C=O) groups is 5. The summed E-state index contributed by atoms with van der Waals surface area (Å²) in [6.45, 7) is 1.68. The lowest BCUT2D eigenvalue weighted by atomic mass is 10.1. The molecule has 2 rings (SSSR count). The summed E-state index contributed by atoms with van der Waals surface area (Å²) in [5.41, 5.74) is 0.441. The summed E-state index contributed by atoms with van der Waals surface area (Å²) < 4.78 is 4.96. The third-order valence-corrected chi connectivity index (χ3v) is 4.80. The van der Waals surface area contributed by atoms with Crippen molar-refractivity contribution < 1.29 is 28.7 Å². The van der Waals surface area contributed by atoms with Crippen molar-refractivity contribution in [3.8, 4) is 0 Å². The fourth-order valence-electron chi connectivity index (χ4n) is 2.72. The Balaban J connectivity index is 1.97. The number of hydrogen-bond donors (Lipinski definition) is 2. The number of esters is 1. The van der Waals surface area contributed by atoms with Gasteiger partial charge in [-0.3, -0.25) is 24.6 Å². The smallest absolute Gasteiger partial charge is 0.330 e. The molecule has 0 unspecified atom stereocenters. The van der Waals surface area contributed by atoms with Gasteiger partial charge in [-0.05, 0) is 24.8 Å². The Kier molecular flexibility index (Phi) is 8.20. The number of unbranched alkanes of at least 4 members (excludes halogenated alkanes) is 1. The number of ether oxygens (including phenoxy) is 1. The van der Waals surface area contributed by atoms with Crippen molar-refractivity contribution >= 4 is 41.5 Å². The molecule has 2 N–H and O–H groups in total. The van der Waals surface area contributed by atoms with Crippen LogP contribution in [0.4, 0.5) is 4.79 Å². The zero-order valence-corrected chi connectivity index (χ0v) is 17.0. The molecule has 0 aromatic heterocycles. The van der Waals surface area contributed by atoms with E-state index >= 15 is 0 Å². The summed E-state index contributed by atoms with van der Waals surface area (Å²) in [6.07, 6.45) is 3.37. The molecule has 0 fully saturated rings. The highest BCUT2D eigenvalue weighted by Gasteiger charge is 2.43. The van der Waals surface area contributed by atoms with Crippen LogP contribution in [0.15, 0.2) is 24.3 Å². The Labute approximate surface area is 172 Å². The number of amides is 5. The fourth-order valence-corrected chi connectivity index (χ4v) is 3.32. The van der Waals surface area contributed by atoms with Crippen LogP contribution in [0, 0.1) is 0 Å². The van der Waals surface area contributed by atoms with Crippen LogP contribution >= 0.6 is 11.8 Å². The minimum absolute atomic E-state index is 0.115. The zero-order valence-electron chi connectivity index (χ0n) is 16.2. The second-order valence-corrected chi connectivity index (χ2v) is 7.17. The van der Waals surface area contributed by atoms with Crippen molar-refractivity contribution in [2.24, 2.45) is 0 Å². The van der Waals surface area contributed by atoms with Crippen molar-refractivity contribution in [2.75, 3.05) is 25.2 Å². The highest BCUT2D eigenvalue weighted by atomic mass is 32.2. The Morgan fingerprint density at radius 3 is 2.31 bits per heavy atom. The van der Waals surface area contributed by atoms with Crippen molar-refractivity contribution in [3.05, 3.63) is 35.4 Å². The fraction of sp³-hybridized carbons (Fsp3) is 0.421. The summed E-state index contributed by atoms with van der Waals surface area (Å²) in [4.78, 5) is 61.9. The van der Waals surface area contributed by atoms with E-state index in [0.29, 0.717) is 6.54 Å². The minimum Gasteiger partial charge on any atom is -0.454 e. The van der Waals surface area contributed by atoms with E-state index < -0.39 is 42.4 Å². The van der Waals surface area contributed by atoms with Crippen LogP contribution in [0.3, 0.4) is 0 Å². The molecule has 0 saturated heterocycles. The monoisotopic (exact) mass is 421 g/mol. The number of carbonyl (C=O) groups excluding carboxylic acids is 5. The van der Waals surface area contributed by atoms with Gasteiger partial charge in [-0.2, -0.15) is 11.8 Å². The van der Waals surface area contributed by atoms with Crippen LogP contribution in [0.5, 0.6) is 0 Å². The Bertz CT molecular complexity index is 778. The SMILES string of the molecule is CCCCNC(=O)NC(=O)COC(=O)[C@@H](CSC)N1C(=O)c2ccccc2C1=O. The van der Waals surface area contributed by atoms with Gasteiger partial charge in [0, 0.05) is 12.3 Å². The molecule has 10 heteroatoms. The van der Waals surface area contributed by atoms with Crippen LogP contribution in [0.1, 0.15) is 40.5 Å². The second kappa shape index (κ2) is 10.6. The highest BCUT2D eigenvalue weighted by Crippen LogP contribution is 2.26. The van der Waals surface area contributed by atoms with Gasteiger partial charge < -0.3 is 10.1 Å². The van der Waals surface area contributed by atoms with E-state index in [0.717, 1.165) is 17.7 Å². The van der Waals surface area contributed by atoms with Gasteiger partial charge in [0.15, 0.2) is 6.61 Å². The molecule has 0 spiro atoms. The molecule has 1 heterocycles. The average molecular weight is 421 g/mol. The van der Waals surface area contributed by atoms with Gasteiger partial charge in [0.25, 0.3) is 17.7 Å². The van der Waals surface area contributed by atoms with Gasteiger partial charge in [-0.15, -0.1) is 0 Å². The van der Waals surface area contributed by atoms with E-state index in [1.165, 1.54) is 23.9 Å². The number of imide groups is 2. The molecule has 1 aliphatic heterocycles. The third-order valence-electron chi connectivity index (χ3n) is 4.15. The first-order valence-electron chi connectivity index (χ1n) is 9.10. The number of urea groups is 1. The van der Waals surface area contributed by atoms with Crippen LogP contribution in [-0.2, 0) is 14.3 Å². The molecular weight excluding hydrogens is 398 g/mol. The number of fused-ring (bicyclic) bond motifs is 1. The maximum Gasteiger partial charge on any atom is 0.330 e. The van der Waals surface area contributed by atoms with Crippen LogP contribution in [0.25, 0.3) is 0 Å². The van der Waals surface area contributed by atoms with Crippen molar-refractivity contribution in [2.45, 2.75) is 25.8 Å². The minimum atomic E-state index is -1.18. The molecule has 0 saturated carbocycles. The van der Waals surface area contributed by atoms with E-state index in [1.54, 1.807) is 18.4 Å². The summed E-state index contributed by atoms with van der Waals surface area (Å²) in [5.74, 6) is -2.75. The van der Waals surface area contributed by atoms with E-state index in [9.17, 15) is 24.0 Å². The van der Waals surface area contributed by atoms with Crippen LogP contribution < -0.4 is 10.6 Å². The van der Waals surface area contributed by atoms with Gasteiger partial charge >= 0.3 is 12.0 Å². The molecular formula is C19H23N3O6S. The number of rotatable bonds is 9. The lowest BCUT2D eigenvalue weighted by molar-refractivity contribution is -0.151. The van der Waals surface area contributed by atoms with Gasteiger partial charge in [0.1, 0.15) is 6.04 Å². The summed E-state index contributed by atoms with van der Waals surface area (Å²) in [6, 6.07) is 4.43. The maximum atomic E-state index is 12.6. The van der Waals surface area contributed by atoms with Gasteiger partial charge in [-0.25, -0.2) is 9.59 Å². The van der Waals surface area contributed by atoms with E-state index in [-0.39, 0.29) is 16.9 Å². The lowest BCUT2D eigenvalue weighted by Crippen LogP contribution is -2.48.